The molecule has 4 rings (SSSR count). The molecule has 0 radical (unpaired) electrons. The monoisotopic (exact) mass is 519 g/mol. The maximum Gasteiger partial charge on any atom is 0.415 e. The van der Waals surface area contributed by atoms with Crippen LogP contribution in [0, 0.1) is 5.92 Å². The molecular formula is C31H41NO4Si. The lowest BCUT2D eigenvalue weighted by atomic mass is 9.90. The Kier molecular flexibility index (Phi) is 8.27. The zero-order valence-electron chi connectivity index (χ0n) is 23.1. The van der Waals surface area contributed by atoms with Gasteiger partial charge in [0.25, 0.3) is 8.32 Å². The van der Waals surface area contributed by atoms with Crippen LogP contribution in [-0.2, 0) is 20.6 Å². The highest BCUT2D eigenvalue weighted by molar-refractivity contribution is 6.78. The predicted molar refractivity (Wildman–Crippen MR) is 152 cm³/mol. The molecule has 0 aromatic heterocycles. The molecule has 0 saturated heterocycles. The molecule has 2 aromatic rings. The first-order valence-corrected chi connectivity index (χ1v) is 15.8. The Morgan fingerprint density at radius 3 is 2.16 bits per heavy atom. The molecule has 1 fully saturated rings. The minimum Gasteiger partial charge on any atom is -0.542 e. The molecular weight excluding hydrogens is 478 g/mol. The summed E-state index contributed by atoms with van der Waals surface area (Å²) in [6.07, 6.45) is 3.79. The molecule has 0 N–H and O–H groups in total. The lowest BCUT2D eigenvalue weighted by Crippen LogP contribution is -2.50. The number of carbonyl (C=O) groups excluding carboxylic acids is 2. The van der Waals surface area contributed by atoms with Crippen molar-refractivity contribution < 1.29 is 18.8 Å². The van der Waals surface area contributed by atoms with Crippen molar-refractivity contribution in [2.75, 3.05) is 4.90 Å². The second kappa shape index (κ2) is 11.3. The van der Waals surface area contributed by atoms with Crippen LogP contribution in [0.4, 0.5) is 10.5 Å². The van der Waals surface area contributed by atoms with Gasteiger partial charge in [-0.3, -0.25) is 9.69 Å². The summed E-state index contributed by atoms with van der Waals surface area (Å²) < 4.78 is 13.0. The molecule has 1 aliphatic carbocycles. The van der Waals surface area contributed by atoms with Gasteiger partial charge in [0.2, 0.25) is 0 Å². The average Bonchev–Trinajstić information content (AvgIpc) is 3.30. The summed E-state index contributed by atoms with van der Waals surface area (Å²) in [5.41, 5.74) is 3.78. The van der Waals surface area contributed by atoms with E-state index in [2.05, 4.69) is 47.6 Å². The smallest absolute Gasteiger partial charge is 0.415 e. The largest absolute Gasteiger partial charge is 0.542 e. The number of nitrogens with zero attached hydrogens (tertiary/aromatic N) is 1. The molecule has 0 bridgehead atoms. The molecule has 6 heteroatoms. The number of rotatable bonds is 8. The highest BCUT2D eigenvalue weighted by atomic mass is 28.4. The lowest BCUT2D eigenvalue weighted by molar-refractivity contribution is -0.120. The van der Waals surface area contributed by atoms with Crippen LogP contribution in [-0.4, -0.2) is 26.2 Å². The third-order valence-corrected chi connectivity index (χ3v) is 14.2. The van der Waals surface area contributed by atoms with Gasteiger partial charge in [-0.1, -0.05) is 84.0 Å². The first kappa shape index (κ1) is 27.2. The molecule has 2 aliphatic rings. The van der Waals surface area contributed by atoms with E-state index in [4.69, 9.17) is 9.16 Å². The summed E-state index contributed by atoms with van der Waals surface area (Å²) in [5, 5.41) is 0. The van der Waals surface area contributed by atoms with Gasteiger partial charge in [-0.15, -0.1) is 0 Å². The fourth-order valence-corrected chi connectivity index (χ4v) is 11.8. The molecule has 1 aliphatic heterocycles. The summed E-state index contributed by atoms with van der Waals surface area (Å²) >= 11 is 0. The van der Waals surface area contributed by atoms with Gasteiger partial charge in [0.1, 0.15) is 18.1 Å². The van der Waals surface area contributed by atoms with Crippen molar-refractivity contribution in [1.82, 2.24) is 0 Å². The van der Waals surface area contributed by atoms with E-state index in [1.807, 2.05) is 54.6 Å². The summed E-state index contributed by atoms with van der Waals surface area (Å²) in [6.45, 7) is 13.8. The maximum absolute atomic E-state index is 13.7. The van der Waals surface area contributed by atoms with Crippen LogP contribution in [0.1, 0.15) is 71.9 Å². The zero-order valence-corrected chi connectivity index (χ0v) is 24.1. The molecule has 37 heavy (non-hydrogen) atoms. The number of fused-ring (bicyclic) bond motifs is 1. The summed E-state index contributed by atoms with van der Waals surface area (Å²) in [7, 11) is -2.27. The first-order valence-electron chi connectivity index (χ1n) is 13.7. The van der Waals surface area contributed by atoms with Gasteiger partial charge in [0.15, 0.2) is 0 Å². The molecule has 1 saturated carbocycles. The average molecular weight is 520 g/mol. The molecule has 1 heterocycles. The molecule has 1 amide bonds. The number of hydrogen-bond donors (Lipinski definition) is 0. The topological polar surface area (TPSA) is 55.8 Å². The number of carbonyl (C=O) groups is 2. The number of benzene rings is 2. The van der Waals surface area contributed by atoms with Crippen molar-refractivity contribution >= 4 is 31.6 Å². The van der Waals surface area contributed by atoms with Crippen molar-refractivity contribution in [1.29, 1.82) is 0 Å². The number of amides is 1. The van der Waals surface area contributed by atoms with E-state index in [0.717, 1.165) is 35.4 Å². The van der Waals surface area contributed by atoms with E-state index in [0.29, 0.717) is 23.0 Å². The number of anilines is 1. The second-order valence-corrected chi connectivity index (χ2v) is 16.7. The van der Waals surface area contributed by atoms with Crippen LogP contribution in [0.15, 0.2) is 60.7 Å². The number of ether oxygens (including phenoxy) is 1. The Bertz CT molecular complexity index is 1120. The molecule has 2 aromatic carbocycles. The lowest BCUT2D eigenvalue weighted by Gasteiger charge is -2.45. The van der Waals surface area contributed by atoms with E-state index in [-0.39, 0.29) is 18.3 Å². The summed E-state index contributed by atoms with van der Waals surface area (Å²) in [6, 6.07) is 17.1. The minimum atomic E-state index is -2.27. The Hall–Kier alpha value is -2.86. The van der Waals surface area contributed by atoms with Gasteiger partial charge in [0, 0.05) is 17.9 Å². The normalized spacial score (nSPS) is 19.9. The van der Waals surface area contributed by atoms with Crippen LogP contribution < -0.4 is 4.90 Å². The standard InChI is InChI=1S/C31H41NO4Si/c1-21(2)37(22(3)4,23(5)6)36-30-19-28(25-16-12-18-29(25)33)32(27-17-11-10-15-26(27)30)31(34)35-20-24-13-8-7-9-14-24/h7-11,13-15,17,19,21-23,25,28H,12,16,18,20H2,1-6H3. The van der Waals surface area contributed by atoms with Crippen molar-refractivity contribution in [3.8, 4) is 0 Å². The Morgan fingerprint density at radius 1 is 0.946 bits per heavy atom. The van der Waals surface area contributed by atoms with Gasteiger partial charge >= 0.3 is 6.09 Å². The fraction of sp³-hybridized carbons (Fsp3) is 0.484. The maximum atomic E-state index is 13.7. The van der Waals surface area contributed by atoms with Crippen LogP contribution in [0.2, 0.25) is 16.6 Å². The van der Waals surface area contributed by atoms with Crippen LogP contribution in [0.25, 0.3) is 5.76 Å². The fourth-order valence-electron chi connectivity index (χ4n) is 6.51. The van der Waals surface area contributed by atoms with Crippen LogP contribution >= 0.6 is 0 Å². The molecule has 5 nitrogen and oxygen atoms in total. The van der Waals surface area contributed by atoms with E-state index < -0.39 is 20.5 Å². The number of para-hydroxylation sites is 1. The molecule has 2 atom stereocenters. The van der Waals surface area contributed by atoms with E-state index >= 15 is 0 Å². The van der Waals surface area contributed by atoms with Gasteiger partial charge < -0.3 is 9.16 Å². The molecule has 198 valence electrons. The van der Waals surface area contributed by atoms with Crippen LogP contribution in [0.5, 0.6) is 0 Å². The van der Waals surface area contributed by atoms with Crippen molar-refractivity contribution in [3.05, 3.63) is 71.8 Å². The predicted octanol–water partition coefficient (Wildman–Crippen LogP) is 8.11. The van der Waals surface area contributed by atoms with Crippen molar-refractivity contribution in [2.45, 2.75) is 90.1 Å². The number of Topliss-reactive ketones (excluding diaryl/α,β-unsaturated/α-hetero) is 1. The molecule has 0 spiro atoms. The van der Waals surface area contributed by atoms with Crippen LogP contribution in [0.3, 0.4) is 0 Å². The highest BCUT2D eigenvalue weighted by Gasteiger charge is 2.49. The van der Waals surface area contributed by atoms with Gasteiger partial charge in [0.05, 0.1) is 11.7 Å². The van der Waals surface area contributed by atoms with Crippen molar-refractivity contribution in [3.63, 3.8) is 0 Å². The molecule has 2 unspecified atom stereocenters. The summed E-state index contributed by atoms with van der Waals surface area (Å²) in [4.78, 5) is 28.4. The summed E-state index contributed by atoms with van der Waals surface area (Å²) in [5.74, 6) is 0.764. The van der Waals surface area contributed by atoms with E-state index in [1.54, 1.807) is 4.90 Å². The quantitative estimate of drug-likeness (QED) is 0.331. The first-order chi connectivity index (χ1) is 17.7. The second-order valence-electron chi connectivity index (χ2n) is 11.3. The Balaban J connectivity index is 1.77. The Morgan fingerprint density at radius 2 is 1.57 bits per heavy atom. The van der Waals surface area contributed by atoms with Crippen molar-refractivity contribution in [2.24, 2.45) is 5.92 Å². The Labute approximate surface area is 223 Å². The third kappa shape index (κ3) is 5.26. The van der Waals surface area contributed by atoms with Gasteiger partial charge in [-0.25, -0.2) is 4.79 Å². The zero-order chi connectivity index (χ0) is 26.7. The van der Waals surface area contributed by atoms with Gasteiger partial charge in [-0.05, 0) is 53.2 Å². The minimum absolute atomic E-state index is 0.181. The van der Waals surface area contributed by atoms with Gasteiger partial charge in [-0.2, -0.15) is 0 Å². The number of ketones is 1. The van der Waals surface area contributed by atoms with E-state index in [1.165, 1.54) is 0 Å². The highest BCUT2D eigenvalue weighted by Crippen LogP contribution is 2.48. The number of hydrogen-bond acceptors (Lipinski definition) is 4. The van der Waals surface area contributed by atoms with E-state index in [9.17, 15) is 9.59 Å². The SMILES string of the molecule is CC(C)[Si](OC1=CC(C2CCCC2=O)N(C(=O)OCc2ccccc2)c2ccccc21)(C(C)C)C(C)C. The third-order valence-electron chi connectivity index (χ3n) is 8.21.